The molecule has 2 N–H and O–H groups in total. The van der Waals surface area contributed by atoms with E-state index in [4.69, 9.17) is 10.5 Å². The van der Waals surface area contributed by atoms with Crippen LogP contribution >= 0.6 is 24.0 Å². The third-order valence-corrected chi connectivity index (χ3v) is 4.15. The maximum Gasteiger partial charge on any atom is 0.191 e. The summed E-state index contributed by atoms with van der Waals surface area (Å²) >= 11 is 0. The largest absolute Gasteiger partial charge is 0.494 e. The maximum atomic E-state index is 6.10. The van der Waals surface area contributed by atoms with E-state index >= 15 is 0 Å². The van der Waals surface area contributed by atoms with E-state index in [0.29, 0.717) is 5.96 Å². The van der Waals surface area contributed by atoms with Gasteiger partial charge in [0.25, 0.3) is 0 Å². The second-order valence-corrected chi connectivity index (χ2v) is 6.16. The van der Waals surface area contributed by atoms with Gasteiger partial charge in [-0.25, -0.2) is 0 Å². The van der Waals surface area contributed by atoms with Gasteiger partial charge in [-0.1, -0.05) is 26.0 Å². The Kier molecular flexibility index (Phi) is 9.36. The molecule has 0 unspecified atom stereocenters. The first kappa shape index (κ1) is 20.1. The summed E-state index contributed by atoms with van der Waals surface area (Å²) in [6.45, 7) is 7.99. The zero-order chi connectivity index (χ0) is 15.8. The number of nitrogens with two attached hydrogens (primary N) is 1. The van der Waals surface area contributed by atoms with Crippen LogP contribution < -0.4 is 10.5 Å². The molecule has 0 atom stereocenters. The molecule has 0 aromatic heterocycles. The van der Waals surface area contributed by atoms with Crippen molar-refractivity contribution in [1.29, 1.82) is 0 Å². The monoisotopic (exact) mass is 431 g/mol. The van der Waals surface area contributed by atoms with E-state index in [2.05, 4.69) is 35.9 Å². The fraction of sp³-hybridized carbons (Fsp3) is 0.611. The topological polar surface area (TPSA) is 50.9 Å². The molecule has 0 spiro atoms. The molecule has 5 heteroatoms. The van der Waals surface area contributed by atoms with E-state index in [-0.39, 0.29) is 24.0 Å². The summed E-state index contributed by atoms with van der Waals surface area (Å²) in [5.74, 6) is 2.46. The first-order valence-electron chi connectivity index (χ1n) is 8.45. The number of guanidine groups is 1. The van der Waals surface area contributed by atoms with Gasteiger partial charge in [0.05, 0.1) is 6.61 Å². The minimum Gasteiger partial charge on any atom is -0.494 e. The highest BCUT2D eigenvalue weighted by atomic mass is 127. The van der Waals surface area contributed by atoms with Crippen molar-refractivity contribution in [2.45, 2.75) is 39.5 Å². The highest BCUT2D eigenvalue weighted by molar-refractivity contribution is 14.0. The lowest BCUT2D eigenvalue weighted by Gasteiger charge is -2.31. The van der Waals surface area contributed by atoms with Crippen LogP contribution in [0.3, 0.4) is 0 Å². The second kappa shape index (κ2) is 10.7. The summed E-state index contributed by atoms with van der Waals surface area (Å²) in [6, 6.07) is 8.27. The van der Waals surface area contributed by atoms with Crippen molar-refractivity contribution >= 4 is 29.9 Å². The first-order chi connectivity index (χ1) is 10.7. The van der Waals surface area contributed by atoms with Crippen molar-refractivity contribution in [3.05, 3.63) is 29.8 Å². The Hall–Kier alpha value is -0.980. The molecule has 4 nitrogen and oxygen atoms in total. The number of halogens is 1. The summed E-state index contributed by atoms with van der Waals surface area (Å²) in [5, 5.41) is 0. The van der Waals surface area contributed by atoms with Gasteiger partial charge in [-0.15, -0.1) is 24.0 Å². The number of nitrogens with zero attached hydrogens (tertiary/aromatic N) is 2. The van der Waals surface area contributed by atoms with Crippen LogP contribution in [-0.4, -0.2) is 37.1 Å². The Morgan fingerprint density at radius 3 is 2.78 bits per heavy atom. The Labute approximate surface area is 157 Å². The van der Waals surface area contributed by atoms with Crippen LogP contribution in [0, 0.1) is 5.92 Å². The third-order valence-electron chi connectivity index (χ3n) is 4.15. The number of hydrogen-bond donors (Lipinski definition) is 1. The van der Waals surface area contributed by atoms with Crippen molar-refractivity contribution in [2.75, 3.05) is 26.2 Å². The van der Waals surface area contributed by atoms with Crippen molar-refractivity contribution < 1.29 is 4.74 Å². The fourth-order valence-electron chi connectivity index (χ4n) is 2.65. The summed E-state index contributed by atoms with van der Waals surface area (Å²) in [7, 11) is 0. The van der Waals surface area contributed by atoms with Gasteiger partial charge in [-0.2, -0.15) is 0 Å². The smallest absolute Gasteiger partial charge is 0.191 e. The molecule has 2 rings (SSSR count). The molecule has 1 aromatic rings. The minimum atomic E-state index is 0. The molecule has 0 radical (unpaired) electrons. The maximum absolute atomic E-state index is 6.10. The summed E-state index contributed by atoms with van der Waals surface area (Å²) < 4.78 is 5.66. The SMILES string of the molecule is CCCOc1cccc(CCN=C(N)N2CCC(C)CC2)c1.I. The van der Waals surface area contributed by atoms with Gasteiger partial charge in [0.2, 0.25) is 0 Å². The second-order valence-electron chi connectivity index (χ2n) is 6.16. The van der Waals surface area contributed by atoms with Crippen LogP contribution in [-0.2, 0) is 6.42 Å². The van der Waals surface area contributed by atoms with Crippen LogP contribution in [0.1, 0.15) is 38.7 Å². The van der Waals surface area contributed by atoms with Crippen LogP contribution in [0.5, 0.6) is 5.75 Å². The van der Waals surface area contributed by atoms with E-state index in [1.165, 1.54) is 18.4 Å². The molecule has 1 aliphatic rings. The van der Waals surface area contributed by atoms with Crippen molar-refractivity contribution in [2.24, 2.45) is 16.6 Å². The molecular formula is C18H30IN3O. The van der Waals surface area contributed by atoms with E-state index < -0.39 is 0 Å². The van der Waals surface area contributed by atoms with Gasteiger partial charge in [0, 0.05) is 19.6 Å². The van der Waals surface area contributed by atoms with E-state index in [1.807, 2.05) is 12.1 Å². The van der Waals surface area contributed by atoms with Crippen LogP contribution in [0.25, 0.3) is 0 Å². The molecule has 130 valence electrons. The van der Waals surface area contributed by atoms with Gasteiger partial charge in [0.1, 0.15) is 5.75 Å². The summed E-state index contributed by atoms with van der Waals surface area (Å²) in [4.78, 5) is 6.75. The number of likely N-dealkylation sites (tertiary alicyclic amines) is 1. The molecule has 1 fully saturated rings. The Balaban J connectivity index is 0.00000264. The van der Waals surface area contributed by atoms with Gasteiger partial charge >= 0.3 is 0 Å². The van der Waals surface area contributed by atoms with E-state index in [0.717, 1.165) is 50.8 Å². The molecule has 1 aliphatic heterocycles. The number of aliphatic imine (C=N–C) groups is 1. The van der Waals surface area contributed by atoms with E-state index in [1.54, 1.807) is 0 Å². The van der Waals surface area contributed by atoms with Gasteiger partial charge in [-0.05, 0) is 49.3 Å². The number of piperidine rings is 1. The predicted octanol–water partition coefficient (Wildman–Crippen LogP) is 3.68. The molecule has 1 aromatic carbocycles. The molecular weight excluding hydrogens is 401 g/mol. The molecule has 0 bridgehead atoms. The summed E-state index contributed by atoms with van der Waals surface area (Å²) in [6.07, 6.45) is 4.35. The van der Waals surface area contributed by atoms with Crippen LogP contribution in [0.15, 0.2) is 29.3 Å². The lowest BCUT2D eigenvalue weighted by molar-refractivity contribution is 0.277. The number of ether oxygens (including phenoxy) is 1. The predicted molar refractivity (Wildman–Crippen MR) is 108 cm³/mol. The van der Waals surface area contributed by atoms with Gasteiger partial charge in [0.15, 0.2) is 5.96 Å². The van der Waals surface area contributed by atoms with Crippen LogP contribution in [0.2, 0.25) is 0 Å². The van der Waals surface area contributed by atoms with Crippen LogP contribution in [0.4, 0.5) is 0 Å². The van der Waals surface area contributed by atoms with Crippen molar-refractivity contribution in [3.8, 4) is 5.75 Å². The lowest BCUT2D eigenvalue weighted by atomic mass is 10.00. The molecule has 1 heterocycles. The van der Waals surface area contributed by atoms with Gasteiger partial charge < -0.3 is 15.4 Å². The molecule has 0 saturated carbocycles. The number of benzene rings is 1. The number of rotatable bonds is 6. The minimum absolute atomic E-state index is 0. The Morgan fingerprint density at radius 1 is 1.35 bits per heavy atom. The highest BCUT2D eigenvalue weighted by Gasteiger charge is 2.16. The van der Waals surface area contributed by atoms with Crippen molar-refractivity contribution in [3.63, 3.8) is 0 Å². The van der Waals surface area contributed by atoms with Crippen molar-refractivity contribution in [1.82, 2.24) is 4.90 Å². The average molecular weight is 431 g/mol. The molecule has 23 heavy (non-hydrogen) atoms. The Bertz CT molecular complexity index is 485. The Morgan fingerprint density at radius 2 is 2.09 bits per heavy atom. The lowest BCUT2D eigenvalue weighted by Crippen LogP contribution is -2.42. The third kappa shape index (κ3) is 6.97. The van der Waals surface area contributed by atoms with Gasteiger partial charge in [-0.3, -0.25) is 4.99 Å². The quantitative estimate of drug-likeness (QED) is 0.425. The zero-order valence-corrected chi connectivity index (χ0v) is 16.7. The molecule has 1 saturated heterocycles. The molecule has 0 amide bonds. The number of hydrogen-bond acceptors (Lipinski definition) is 2. The van der Waals surface area contributed by atoms with E-state index in [9.17, 15) is 0 Å². The molecule has 0 aliphatic carbocycles. The summed E-state index contributed by atoms with van der Waals surface area (Å²) in [5.41, 5.74) is 7.35. The zero-order valence-electron chi connectivity index (χ0n) is 14.3. The first-order valence-corrected chi connectivity index (χ1v) is 8.45. The average Bonchev–Trinajstić information content (AvgIpc) is 2.54. The normalized spacial score (nSPS) is 16.1. The fourth-order valence-corrected chi connectivity index (χ4v) is 2.65. The standard InChI is InChI=1S/C18H29N3O.HI/c1-3-13-22-17-6-4-5-16(14-17)7-10-20-18(19)21-11-8-15(2)9-12-21;/h4-6,14-15H,3,7-13H2,1-2H3,(H2,19,20);1H. The highest BCUT2D eigenvalue weighted by Crippen LogP contribution is 2.16.